The molecule has 0 unspecified atom stereocenters. The number of unbranched alkanes of at least 4 members (excludes halogenated alkanes) is 11. The van der Waals surface area contributed by atoms with E-state index in [0.717, 1.165) is 13.0 Å². The van der Waals surface area contributed by atoms with E-state index in [0.29, 0.717) is 13.0 Å². The summed E-state index contributed by atoms with van der Waals surface area (Å²) in [4.78, 5) is 10.8. The van der Waals surface area contributed by atoms with Gasteiger partial charge in [0.1, 0.15) is 0 Å². The molecule has 0 spiro atoms. The number of carbonyl (C=O) groups excluding carboxylic acids is 1. The van der Waals surface area contributed by atoms with Crippen LogP contribution >= 0.6 is 0 Å². The number of carbonyl (C=O) groups is 1. The molecule has 0 N–H and O–H groups in total. The topological polar surface area (TPSA) is 35.5 Å². The number of hydrogen-bond acceptors (Lipinski definition) is 3. The molecule has 0 aliphatic carbocycles. The Morgan fingerprint density at radius 2 is 1.19 bits per heavy atom. The summed E-state index contributed by atoms with van der Waals surface area (Å²) in [5, 5.41) is 0. The highest BCUT2D eigenvalue weighted by molar-refractivity contribution is 5.69. The predicted octanol–water partition coefficient (Wildman–Crippen LogP) is 5.27. The highest BCUT2D eigenvalue weighted by Crippen LogP contribution is 2.11. The normalized spacial score (nSPS) is 10.8. The van der Waals surface area contributed by atoms with Crippen molar-refractivity contribution in [2.45, 2.75) is 90.4 Å². The highest BCUT2D eigenvalue weighted by atomic mass is 16.5. The lowest BCUT2D eigenvalue weighted by Gasteiger charge is -2.04. The van der Waals surface area contributed by atoms with Crippen molar-refractivity contribution in [1.29, 1.82) is 0 Å². The molecule has 126 valence electrons. The lowest BCUT2D eigenvalue weighted by atomic mass is 10.1. The first-order valence-corrected chi connectivity index (χ1v) is 8.95. The summed E-state index contributed by atoms with van der Waals surface area (Å²) in [5.74, 6) is -0.190. The molecule has 0 aromatic rings. The minimum absolute atomic E-state index is 0.190. The standard InChI is InChI=1S/C18H36O3/c1-3-4-5-6-7-8-9-10-11-12-13-14-16-21-17-15-18(19)20-2/h3-17H2,1-2H3. The molecule has 0 aromatic heterocycles. The Balaban J connectivity index is 2.98. The fourth-order valence-electron chi connectivity index (χ4n) is 2.40. The van der Waals surface area contributed by atoms with Crippen LogP contribution in [0.1, 0.15) is 90.4 Å². The van der Waals surface area contributed by atoms with Crippen molar-refractivity contribution < 1.29 is 14.3 Å². The third-order valence-electron chi connectivity index (χ3n) is 3.82. The molecule has 0 bridgehead atoms. The van der Waals surface area contributed by atoms with Gasteiger partial charge in [0.15, 0.2) is 0 Å². The second-order valence-electron chi connectivity index (χ2n) is 5.83. The first-order chi connectivity index (χ1) is 10.3. The SMILES string of the molecule is CCCCCCCCCCCCCCOCCC(=O)OC. The molecule has 0 saturated heterocycles. The minimum atomic E-state index is -0.190. The zero-order valence-electron chi connectivity index (χ0n) is 14.3. The van der Waals surface area contributed by atoms with Crippen LogP contribution in [-0.2, 0) is 14.3 Å². The second-order valence-corrected chi connectivity index (χ2v) is 5.83. The van der Waals surface area contributed by atoms with Crippen molar-refractivity contribution in [3.8, 4) is 0 Å². The number of rotatable bonds is 16. The Hall–Kier alpha value is -0.570. The maximum absolute atomic E-state index is 10.8. The summed E-state index contributed by atoms with van der Waals surface area (Å²) in [6, 6.07) is 0. The van der Waals surface area contributed by atoms with Crippen LogP contribution in [-0.4, -0.2) is 26.3 Å². The fourth-order valence-corrected chi connectivity index (χ4v) is 2.40. The van der Waals surface area contributed by atoms with Gasteiger partial charge in [-0.1, -0.05) is 77.6 Å². The second kappa shape index (κ2) is 17.5. The van der Waals surface area contributed by atoms with E-state index in [1.807, 2.05) is 0 Å². The van der Waals surface area contributed by atoms with E-state index < -0.39 is 0 Å². The third kappa shape index (κ3) is 17.4. The molecule has 0 radical (unpaired) electrons. The van der Waals surface area contributed by atoms with Crippen LogP contribution in [0.15, 0.2) is 0 Å². The van der Waals surface area contributed by atoms with Crippen molar-refractivity contribution in [3.05, 3.63) is 0 Å². The van der Waals surface area contributed by atoms with Crippen molar-refractivity contribution in [2.24, 2.45) is 0 Å². The lowest BCUT2D eigenvalue weighted by Crippen LogP contribution is -2.06. The first kappa shape index (κ1) is 20.4. The number of methoxy groups -OCH3 is 1. The summed E-state index contributed by atoms with van der Waals surface area (Å²) in [6.45, 7) is 3.53. The van der Waals surface area contributed by atoms with Crippen molar-refractivity contribution in [1.82, 2.24) is 0 Å². The van der Waals surface area contributed by atoms with E-state index in [1.54, 1.807) is 0 Å². The third-order valence-corrected chi connectivity index (χ3v) is 3.82. The molecule has 0 fully saturated rings. The molecule has 0 saturated carbocycles. The maximum Gasteiger partial charge on any atom is 0.307 e. The molecule has 3 heteroatoms. The Bertz CT molecular complexity index is 217. The summed E-state index contributed by atoms with van der Waals surface area (Å²) < 4.78 is 9.95. The number of ether oxygens (including phenoxy) is 2. The predicted molar refractivity (Wildman–Crippen MR) is 88.5 cm³/mol. The highest BCUT2D eigenvalue weighted by Gasteiger charge is 1.99. The van der Waals surface area contributed by atoms with Crippen LogP contribution in [0.2, 0.25) is 0 Å². The molecule has 0 rings (SSSR count). The fraction of sp³-hybridized carbons (Fsp3) is 0.944. The van der Waals surface area contributed by atoms with Crippen molar-refractivity contribution >= 4 is 5.97 Å². The average Bonchev–Trinajstić information content (AvgIpc) is 2.50. The van der Waals surface area contributed by atoms with Crippen LogP contribution in [0.25, 0.3) is 0 Å². The summed E-state index contributed by atoms with van der Waals surface area (Å²) in [5.41, 5.74) is 0. The molecule has 0 heterocycles. The van der Waals surface area contributed by atoms with Gasteiger partial charge in [0.25, 0.3) is 0 Å². The smallest absolute Gasteiger partial charge is 0.307 e. The van der Waals surface area contributed by atoms with Crippen molar-refractivity contribution in [2.75, 3.05) is 20.3 Å². The van der Waals surface area contributed by atoms with Crippen LogP contribution in [0.4, 0.5) is 0 Å². The summed E-state index contributed by atoms with van der Waals surface area (Å²) >= 11 is 0. The Kier molecular flexibility index (Phi) is 17.0. The Morgan fingerprint density at radius 1 is 0.714 bits per heavy atom. The largest absolute Gasteiger partial charge is 0.469 e. The molecule has 0 aliphatic rings. The van der Waals surface area contributed by atoms with E-state index >= 15 is 0 Å². The van der Waals surface area contributed by atoms with Gasteiger partial charge in [0, 0.05) is 6.61 Å². The average molecular weight is 300 g/mol. The number of hydrogen-bond donors (Lipinski definition) is 0. The summed E-state index contributed by atoms with van der Waals surface area (Å²) in [7, 11) is 1.41. The van der Waals surface area contributed by atoms with E-state index in [-0.39, 0.29) is 5.97 Å². The molecule has 0 aliphatic heterocycles. The lowest BCUT2D eigenvalue weighted by molar-refractivity contribution is -0.141. The van der Waals surface area contributed by atoms with Gasteiger partial charge in [-0.25, -0.2) is 0 Å². The van der Waals surface area contributed by atoms with E-state index in [9.17, 15) is 4.79 Å². The van der Waals surface area contributed by atoms with E-state index in [1.165, 1.54) is 77.7 Å². The molecular formula is C18H36O3. The van der Waals surface area contributed by atoms with Gasteiger partial charge in [-0.15, -0.1) is 0 Å². The maximum atomic E-state index is 10.8. The van der Waals surface area contributed by atoms with Gasteiger partial charge >= 0.3 is 5.97 Å². The zero-order chi connectivity index (χ0) is 15.6. The van der Waals surface area contributed by atoms with Crippen LogP contribution in [0.3, 0.4) is 0 Å². The molecule has 3 nitrogen and oxygen atoms in total. The Labute approximate surface area is 131 Å². The summed E-state index contributed by atoms with van der Waals surface area (Å²) in [6.07, 6.45) is 16.6. The van der Waals surface area contributed by atoms with Crippen molar-refractivity contribution in [3.63, 3.8) is 0 Å². The van der Waals surface area contributed by atoms with Crippen LogP contribution < -0.4 is 0 Å². The molecular weight excluding hydrogens is 264 g/mol. The first-order valence-electron chi connectivity index (χ1n) is 8.95. The zero-order valence-corrected chi connectivity index (χ0v) is 14.3. The van der Waals surface area contributed by atoms with E-state index in [4.69, 9.17) is 4.74 Å². The van der Waals surface area contributed by atoms with Gasteiger partial charge in [0.2, 0.25) is 0 Å². The van der Waals surface area contributed by atoms with Gasteiger partial charge in [-0.05, 0) is 6.42 Å². The molecule has 0 atom stereocenters. The monoisotopic (exact) mass is 300 g/mol. The Morgan fingerprint density at radius 3 is 1.67 bits per heavy atom. The van der Waals surface area contributed by atoms with E-state index in [2.05, 4.69) is 11.7 Å². The minimum Gasteiger partial charge on any atom is -0.469 e. The molecule has 21 heavy (non-hydrogen) atoms. The van der Waals surface area contributed by atoms with Crippen LogP contribution in [0, 0.1) is 0 Å². The van der Waals surface area contributed by atoms with Gasteiger partial charge < -0.3 is 9.47 Å². The molecule has 0 amide bonds. The quantitative estimate of drug-likeness (QED) is 0.288. The van der Waals surface area contributed by atoms with Crippen LogP contribution in [0.5, 0.6) is 0 Å². The number of esters is 1. The van der Waals surface area contributed by atoms with Gasteiger partial charge in [0.05, 0.1) is 20.1 Å². The molecule has 0 aromatic carbocycles. The van der Waals surface area contributed by atoms with Gasteiger partial charge in [-0.3, -0.25) is 4.79 Å². The van der Waals surface area contributed by atoms with Gasteiger partial charge in [-0.2, -0.15) is 0 Å².